The zero-order valence-electron chi connectivity index (χ0n) is 10.1. The van der Waals surface area contributed by atoms with Crippen LogP contribution in [0.3, 0.4) is 0 Å². The monoisotopic (exact) mass is 325 g/mol. The number of benzene rings is 1. The van der Waals surface area contributed by atoms with Gasteiger partial charge in [0.2, 0.25) is 0 Å². The molecule has 0 atom stereocenters. The van der Waals surface area contributed by atoms with Crippen LogP contribution in [-0.2, 0) is 0 Å². The summed E-state index contributed by atoms with van der Waals surface area (Å²) in [7, 11) is 0. The van der Waals surface area contributed by atoms with Gasteiger partial charge in [0.25, 0.3) is 0 Å². The average molecular weight is 326 g/mol. The first kappa shape index (κ1) is 12.4. The summed E-state index contributed by atoms with van der Waals surface area (Å²) in [6.45, 7) is 0. The Morgan fingerprint density at radius 1 is 1.11 bits per heavy atom. The average Bonchev–Trinajstić information content (AvgIpc) is 2.68. The van der Waals surface area contributed by atoms with Crippen LogP contribution in [0.25, 0.3) is 0 Å². The van der Waals surface area contributed by atoms with Gasteiger partial charge in [-0.2, -0.15) is 0 Å². The number of rotatable bonds is 1. The normalized spacial score (nSPS) is 22.3. The highest BCUT2D eigenvalue weighted by molar-refractivity contribution is 9.10. The van der Waals surface area contributed by atoms with Crippen LogP contribution in [0.5, 0.6) is 0 Å². The molecule has 5 heteroatoms. The minimum absolute atomic E-state index is 0.0115. The van der Waals surface area contributed by atoms with Crippen LogP contribution in [0.15, 0.2) is 28.7 Å². The van der Waals surface area contributed by atoms with Crippen LogP contribution in [-0.4, -0.2) is 10.8 Å². The molecule has 0 radical (unpaired) electrons. The standard InChI is InChI=1S/C13H16BrN3S/c14-10-4-6-11(7-5-10)17-12(18)15-13(16-17)8-2-1-3-9-13/h4-7,16H,1-3,8-9H2,(H,15,18). The van der Waals surface area contributed by atoms with E-state index in [4.69, 9.17) is 12.2 Å². The third-order valence-corrected chi connectivity index (χ3v) is 4.48. The maximum absolute atomic E-state index is 5.45. The number of hydrazine groups is 1. The molecule has 0 unspecified atom stereocenters. The smallest absolute Gasteiger partial charge is 0.189 e. The fourth-order valence-corrected chi connectivity index (χ4v) is 3.33. The SMILES string of the molecule is S=C1NC2(CCCCC2)NN1c1ccc(Br)cc1. The molecule has 3 nitrogen and oxygen atoms in total. The van der Waals surface area contributed by atoms with Gasteiger partial charge in [0.05, 0.1) is 5.69 Å². The van der Waals surface area contributed by atoms with Crippen molar-refractivity contribution in [3.63, 3.8) is 0 Å². The van der Waals surface area contributed by atoms with Crippen LogP contribution in [0.1, 0.15) is 32.1 Å². The first-order valence-electron chi connectivity index (χ1n) is 6.34. The molecule has 1 saturated heterocycles. The van der Waals surface area contributed by atoms with E-state index in [9.17, 15) is 0 Å². The molecule has 2 N–H and O–H groups in total. The predicted molar refractivity (Wildman–Crippen MR) is 81.3 cm³/mol. The molecule has 0 bridgehead atoms. The lowest BCUT2D eigenvalue weighted by Gasteiger charge is -2.33. The second-order valence-electron chi connectivity index (χ2n) is 5.00. The number of thiocarbonyl (C=S) groups is 1. The van der Waals surface area contributed by atoms with Crippen LogP contribution >= 0.6 is 28.1 Å². The molecule has 1 aliphatic carbocycles. The Balaban J connectivity index is 1.82. The van der Waals surface area contributed by atoms with Crippen molar-refractivity contribution in [3.8, 4) is 0 Å². The molecule has 1 heterocycles. The summed E-state index contributed by atoms with van der Waals surface area (Å²) in [4.78, 5) is 0. The summed E-state index contributed by atoms with van der Waals surface area (Å²) >= 11 is 8.90. The first-order chi connectivity index (χ1) is 8.69. The van der Waals surface area contributed by atoms with Gasteiger partial charge in [0.1, 0.15) is 5.66 Å². The van der Waals surface area contributed by atoms with Crippen LogP contribution in [0.2, 0.25) is 0 Å². The quantitative estimate of drug-likeness (QED) is 0.775. The molecule has 1 aliphatic heterocycles. The Morgan fingerprint density at radius 2 is 1.78 bits per heavy atom. The maximum Gasteiger partial charge on any atom is 0.189 e. The number of nitrogens with zero attached hydrogens (tertiary/aromatic N) is 1. The minimum atomic E-state index is -0.0115. The zero-order valence-corrected chi connectivity index (χ0v) is 12.5. The van der Waals surface area contributed by atoms with E-state index in [-0.39, 0.29) is 5.66 Å². The Hall–Kier alpha value is -0.650. The molecular weight excluding hydrogens is 310 g/mol. The van der Waals surface area contributed by atoms with Crippen molar-refractivity contribution in [1.82, 2.24) is 10.7 Å². The molecule has 1 spiro atoms. The Kier molecular flexibility index (Phi) is 3.30. The topological polar surface area (TPSA) is 27.3 Å². The summed E-state index contributed by atoms with van der Waals surface area (Å²) in [6, 6.07) is 8.19. The van der Waals surface area contributed by atoms with Gasteiger partial charge in [-0.1, -0.05) is 22.4 Å². The third-order valence-electron chi connectivity index (χ3n) is 3.67. The molecule has 1 aromatic carbocycles. The molecule has 18 heavy (non-hydrogen) atoms. The number of hydrogen-bond donors (Lipinski definition) is 2. The third kappa shape index (κ3) is 2.27. The van der Waals surface area contributed by atoms with E-state index >= 15 is 0 Å². The van der Waals surface area contributed by atoms with Gasteiger partial charge >= 0.3 is 0 Å². The number of nitrogens with one attached hydrogen (secondary N) is 2. The first-order valence-corrected chi connectivity index (χ1v) is 7.54. The van der Waals surface area contributed by atoms with E-state index in [1.165, 1.54) is 19.3 Å². The highest BCUT2D eigenvalue weighted by Crippen LogP contribution is 2.31. The Morgan fingerprint density at radius 3 is 2.44 bits per heavy atom. The second-order valence-corrected chi connectivity index (χ2v) is 6.30. The van der Waals surface area contributed by atoms with Gasteiger partial charge in [-0.05, 0) is 62.2 Å². The summed E-state index contributed by atoms with van der Waals surface area (Å²) in [5.74, 6) is 0. The van der Waals surface area contributed by atoms with Gasteiger partial charge in [-0.25, -0.2) is 5.43 Å². The summed E-state index contributed by atoms with van der Waals surface area (Å²) in [5.41, 5.74) is 4.63. The second kappa shape index (κ2) is 4.79. The van der Waals surface area contributed by atoms with E-state index in [1.54, 1.807) is 0 Å². The largest absolute Gasteiger partial charge is 0.342 e. The van der Waals surface area contributed by atoms with E-state index in [1.807, 2.05) is 17.1 Å². The lowest BCUT2D eigenvalue weighted by molar-refractivity contribution is 0.238. The van der Waals surface area contributed by atoms with Crippen molar-refractivity contribution >= 4 is 38.9 Å². The highest BCUT2D eigenvalue weighted by atomic mass is 79.9. The van der Waals surface area contributed by atoms with Crippen molar-refractivity contribution in [3.05, 3.63) is 28.7 Å². The van der Waals surface area contributed by atoms with E-state index in [0.717, 1.165) is 28.1 Å². The number of hydrogen-bond acceptors (Lipinski definition) is 2. The highest BCUT2D eigenvalue weighted by Gasteiger charge is 2.41. The van der Waals surface area contributed by atoms with Crippen LogP contribution in [0, 0.1) is 0 Å². The summed E-state index contributed by atoms with van der Waals surface area (Å²) < 4.78 is 1.08. The molecule has 96 valence electrons. The van der Waals surface area contributed by atoms with Crippen molar-refractivity contribution in [2.75, 3.05) is 5.01 Å². The molecule has 0 amide bonds. The van der Waals surface area contributed by atoms with Crippen molar-refractivity contribution in [2.45, 2.75) is 37.8 Å². The van der Waals surface area contributed by atoms with E-state index < -0.39 is 0 Å². The fraction of sp³-hybridized carbons (Fsp3) is 0.462. The number of anilines is 1. The molecule has 2 fully saturated rings. The van der Waals surface area contributed by atoms with Crippen LogP contribution in [0.4, 0.5) is 5.69 Å². The van der Waals surface area contributed by atoms with Crippen LogP contribution < -0.4 is 15.8 Å². The molecule has 1 aromatic rings. The molecule has 0 aromatic heterocycles. The summed E-state index contributed by atoms with van der Waals surface area (Å²) in [5, 5.41) is 6.24. The zero-order chi connectivity index (χ0) is 12.6. The van der Waals surface area contributed by atoms with Gasteiger partial charge in [0, 0.05) is 4.47 Å². The van der Waals surface area contributed by atoms with Gasteiger partial charge in [-0.15, -0.1) is 0 Å². The lowest BCUT2D eigenvalue weighted by Crippen LogP contribution is -2.52. The molecular formula is C13H16BrN3S. The maximum atomic E-state index is 5.45. The number of halogens is 1. The van der Waals surface area contributed by atoms with Gasteiger partial charge in [0.15, 0.2) is 5.11 Å². The van der Waals surface area contributed by atoms with Gasteiger partial charge < -0.3 is 5.32 Å². The van der Waals surface area contributed by atoms with E-state index in [2.05, 4.69) is 38.8 Å². The van der Waals surface area contributed by atoms with Crippen molar-refractivity contribution in [2.24, 2.45) is 0 Å². The summed E-state index contributed by atoms with van der Waals surface area (Å²) in [6.07, 6.45) is 6.13. The Bertz CT molecular complexity index is 454. The lowest BCUT2D eigenvalue weighted by atomic mass is 9.90. The molecule has 3 rings (SSSR count). The Labute approximate surface area is 121 Å². The minimum Gasteiger partial charge on any atom is -0.342 e. The van der Waals surface area contributed by atoms with Crippen molar-refractivity contribution in [1.29, 1.82) is 0 Å². The van der Waals surface area contributed by atoms with E-state index in [0.29, 0.717) is 0 Å². The molecule has 2 aliphatic rings. The fourth-order valence-electron chi connectivity index (χ4n) is 2.72. The predicted octanol–water partition coefficient (Wildman–Crippen LogP) is 3.31. The molecule has 1 saturated carbocycles. The van der Waals surface area contributed by atoms with Crippen molar-refractivity contribution < 1.29 is 0 Å². The van der Waals surface area contributed by atoms with Gasteiger partial charge in [-0.3, -0.25) is 5.01 Å².